The Morgan fingerprint density at radius 3 is 2.88 bits per heavy atom. The highest BCUT2D eigenvalue weighted by Crippen LogP contribution is 2.32. The third kappa shape index (κ3) is 3.06. The number of amides is 1. The fourth-order valence-corrected chi connectivity index (χ4v) is 5.28. The van der Waals surface area contributed by atoms with Crippen LogP contribution < -0.4 is 5.32 Å². The van der Waals surface area contributed by atoms with Gasteiger partial charge in [0.05, 0.1) is 21.5 Å². The topological polar surface area (TPSA) is 83.1 Å². The van der Waals surface area contributed by atoms with Crippen LogP contribution in [0.5, 0.6) is 0 Å². The molecular weight excluding hydrogens is 366 g/mol. The van der Waals surface area contributed by atoms with Crippen LogP contribution in [0.15, 0.2) is 29.4 Å². The zero-order valence-electron chi connectivity index (χ0n) is 14.4. The van der Waals surface area contributed by atoms with Crippen molar-refractivity contribution in [3.05, 3.63) is 24.3 Å². The zero-order chi connectivity index (χ0) is 18.1. The summed E-state index contributed by atoms with van der Waals surface area (Å²) in [5.41, 5.74) is 0.340. The van der Waals surface area contributed by atoms with Crippen molar-refractivity contribution in [3.63, 3.8) is 0 Å². The van der Waals surface area contributed by atoms with E-state index < -0.39 is 5.54 Å². The van der Waals surface area contributed by atoms with E-state index in [0.717, 1.165) is 47.3 Å². The van der Waals surface area contributed by atoms with Crippen molar-refractivity contribution in [1.29, 1.82) is 5.26 Å². The SMILES string of the molecule is CC(Sc1nnc2sc3ccccc3n12)C(=O)NC1(C#N)CCCCC1. The second-order valence-corrected chi connectivity index (χ2v) is 8.99. The average molecular weight is 386 g/mol. The van der Waals surface area contributed by atoms with E-state index in [9.17, 15) is 10.1 Å². The van der Waals surface area contributed by atoms with Gasteiger partial charge in [0.1, 0.15) is 5.54 Å². The molecule has 8 heteroatoms. The first kappa shape index (κ1) is 17.3. The Bertz CT molecular complexity index is 996. The summed E-state index contributed by atoms with van der Waals surface area (Å²) >= 11 is 2.96. The molecule has 6 nitrogen and oxygen atoms in total. The number of para-hydroxylation sites is 1. The third-order valence-corrected chi connectivity index (χ3v) is 6.90. The summed E-state index contributed by atoms with van der Waals surface area (Å²) in [4.78, 5) is 13.5. The molecule has 0 bridgehead atoms. The third-order valence-electron chi connectivity index (χ3n) is 4.85. The first-order chi connectivity index (χ1) is 12.6. The fourth-order valence-electron chi connectivity index (χ4n) is 3.40. The molecule has 134 valence electrons. The lowest BCUT2D eigenvalue weighted by Crippen LogP contribution is -2.50. The number of rotatable bonds is 4. The van der Waals surface area contributed by atoms with Crippen LogP contribution in [0.1, 0.15) is 39.0 Å². The molecule has 1 N–H and O–H groups in total. The Morgan fingerprint density at radius 2 is 2.12 bits per heavy atom. The second-order valence-electron chi connectivity index (χ2n) is 6.67. The van der Waals surface area contributed by atoms with Crippen LogP contribution in [-0.2, 0) is 4.79 Å². The van der Waals surface area contributed by atoms with Gasteiger partial charge in [-0.2, -0.15) is 5.26 Å². The van der Waals surface area contributed by atoms with Crippen LogP contribution in [0.3, 0.4) is 0 Å². The predicted octanol–water partition coefficient (Wildman–Crippen LogP) is 3.77. The number of nitriles is 1. The summed E-state index contributed by atoms with van der Waals surface area (Å²) in [5, 5.41) is 21.4. The smallest absolute Gasteiger partial charge is 0.234 e. The Morgan fingerprint density at radius 1 is 1.35 bits per heavy atom. The molecule has 0 spiro atoms. The number of thiazole rings is 1. The molecule has 0 radical (unpaired) electrons. The van der Waals surface area contributed by atoms with Gasteiger partial charge in [-0.05, 0) is 31.9 Å². The number of thioether (sulfide) groups is 1. The van der Waals surface area contributed by atoms with Gasteiger partial charge in [-0.3, -0.25) is 9.20 Å². The highest BCUT2D eigenvalue weighted by molar-refractivity contribution is 8.00. The van der Waals surface area contributed by atoms with Crippen molar-refractivity contribution in [2.24, 2.45) is 0 Å². The molecule has 1 aliphatic carbocycles. The lowest BCUT2D eigenvalue weighted by Gasteiger charge is -2.32. The van der Waals surface area contributed by atoms with Crippen LogP contribution in [-0.4, -0.2) is 31.3 Å². The molecule has 1 saturated carbocycles. The summed E-state index contributed by atoms with van der Waals surface area (Å²) in [7, 11) is 0. The number of benzene rings is 1. The number of carbonyl (C=O) groups excluding carboxylic acids is 1. The van der Waals surface area contributed by atoms with Crippen LogP contribution in [0.2, 0.25) is 0 Å². The molecule has 1 atom stereocenters. The molecule has 1 fully saturated rings. The number of nitrogens with one attached hydrogen (secondary N) is 1. The van der Waals surface area contributed by atoms with Gasteiger partial charge in [0.25, 0.3) is 0 Å². The Balaban J connectivity index is 1.54. The van der Waals surface area contributed by atoms with E-state index in [0.29, 0.717) is 5.16 Å². The molecule has 4 rings (SSSR count). The molecule has 1 aromatic carbocycles. The minimum absolute atomic E-state index is 0.116. The molecule has 1 unspecified atom stereocenters. The van der Waals surface area contributed by atoms with Gasteiger partial charge >= 0.3 is 0 Å². The maximum Gasteiger partial charge on any atom is 0.234 e. The van der Waals surface area contributed by atoms with Gasteiger partial charge in [-0.15, -0.1) is 10.2 Å². The number of hydrogen-bond donors (Lipinski definition) is 1. The number of carbonyl (C=O) groups is 1. The highest BCUT2D eigenvalue weighted by Gasteiger charge is 2.35. The molecule has 1 aliphatic rings. The van der Waals surface area contributed by atoms with Gasteiger partial charge in [-0.1, -0.05) is 54.5 Å². The molecule has 0 aliphatic heterocycles. The number of nitrogens with zero attached hydrogens (tertiary/aromatic N) is 4. The molecule has 2 heterocycles. The predicted molar refractivity (Wildman–Crippen MR) is 103 cm³/mol. The quantitative estimate of drug-likeness (QED) is 0.691. The van der Waals surface area contributed by atoms with Crippen molar-refractivity contribution in [1.82, 2.24) is 19.9 Å². The van der Waals surface area contributed by atoms with Crippen LogP contribution in [0.4, 0.5) is 0 Å². The van der Waals surface area contributed by atoms with E-state index in [1.54, 1.807) is 11.3 Å². The van der Waals surface area contributed by atoms with E-state index in [-0.39, 0.29) is 11.2 Å². The molecular formula is C18H19N5OS2. The number of hydrogen-bond acceptors (Lipinski definition) is 6. The Labute approximate surface area is 159 Å². The number of fused-ring (bicyclic) bond motifs is 3. The van der Waals surface area contributed by atoms with Crippen molar-refractivity contribution < 1.29 is 4.79 Å². The van der Waals surface area contributed by atoms with E-state index >= 15 is 0 Å². The molecule has 1 amide bonds. The van der Waals surface area contributed by atoms with Crippen molar-refractivity contribution in [2.45, 2.75) is 55.0 Å². The molecule has 26 heavy (non-hydrogen) atoms. The first-order valence-electron chi connectivity index (χ1n) is 8.74. The minimum Gasteiger partial charge on any atom is -0.337 e. The summed E-state index contributed by atoms with van der Waals surface area (Å²) in [5.74, 6) is -0.116. The molecule has 2 aromatic heterocycles. The summed E-state index contributed by atoms with van der Waals surface area (Å²) in [6.07, 6.45) is 4.57. The normalized spacial score (nSPS) is 17.8. The monoisotopic (exact) mass is 385 g/mol. The van der Waals surface area contributed by atoms with Crippen LogP contribution in [0.25, 0.3) is 15.2 Å². The zero-order valence-corrected chi connectivity index (χ0v) is 16.1. The van der Waals surface area contributed by atoms with Crippen LogP contribution in [0, 0.1) is 11.3 Å². The van der Waals surface area contributed by atoms with Crippen LogP contribution >= 0.6 is 23.1 Å². The lowest BCUT2D eigenvalue weighted by molar-refractivity contribution is -0.121. The largest absolute Gasteiger partial charge is 0.337 e. The highest BCUT2D eigenvalue weighted by atomic mass is 32.2. The van der Waals surface area contributed by atoms with E-state index in [2.05, 4.69) is 27.6 Å². The standard InChI is InChI=1S/C18H19N5OS2/c1-12(15(24)20-18(11-19)9-5-2-6-10-18)25-16-21-22-17-23(16)13-7-3-4-8-14(13)26-17/h3-4,7-8,12H,2,5-6,9-10H2,1H3,(H,20,24). The Kier molecular flexibility index (Phi) is 4.59. The van der Waals surface area contributed by atoms with Gasteiger partial charge < -0.3 is 5.32 Å². The molecule has 3 aromatic rings. The maximum atomic E-state index is 12.7. The van der Waals surface area contributed by atoms with E-state index in [4.69, 9.17) is 0 Å². The second kappa shape index (κ2) is 6.89. The maximum absolute atomic E-state index is 12.7. The van der Waals surface area contributed by atoms with E-state index in [1.807, 2.05) is 29.5 Å². The molecule has 0 saturated heterocycles. The van der Waals surface area contributed by atoms with Gasteiger partial charge in [0, 0.05) is 0 Å². The fraction of sp³-hybridized carbons (Fsp3) is 0.444. The van der Waals surface area contributed by atoms with Gasteiger partial charge in [-0.25, -0.2) is 0 Å². The average Bonchev–Trinajstić information content (AvgIpc) is 3.22. The lowest BCUT2D eigenvalue weighted by atomic mass is 9.83. The minimum atomic E-state index is -0.709. The van der Waals surface area contributed by atoms with Crippen molar-refractivity contribution in [2.75, 3.05) is 0 Å². The van der Waals surface area contributed by atoms with Gasteiger partial charge in [0.2, 0.25) is 10.9 Å². The first-order valence-corrected chi connectivity index (χ1v) is 10.4. The van der Waals surface area contributed by atoms with Crippen molar-refractivity contribution in [3.8, 4) is 6.07 Å². The summed E-state index contributed by atoms with van der Waals surface area (Å²) in [6, 6.07) is 10.4. The summed E-state index contributed by atoms with van der Waals surface area (Å²) in [6.45, 7) is 1.85. The number of aromatic nitrogens is 3. The summed E-state index contributed by atoms with van der Waals surface area (Å²) < 4.78 is 3.14. The Hall–Kier alpha value is -2.11. The van der Waals surface area contributed by atoms with E-state index in [1.165, 1.54) is 11.8 Å². The van der Waals surface area contributed by atoms with Crippen molar-refractivity contribution >= 4 is 44.2 Å². The van der Waals surface area contributed by atoms with Gasteiger partial charge in [0.15, 0.2) is 5.16 Å².